The Hall–Kier alpha value is -0.920. The van der Waals surface area contributed by atoms with Gasteiger partial charge in [-0.1, -0.05) is 0 Å². The lowest BCUT2D eigenvalue weighted by Crippen LogP contribution is -2.47. The van der Waals surface area contributed by atoms with Gasteiger partial charge in [-0.25, -0.2) is 18.1 Å². The normalized spacial score (nSPS) is 19.8. The van der Waals surface area contributed by atoms with Crippen LogP contribution < -0.4 is 4.72 Å². The molecule has 0 radical (unpaired) electrons. The average molecular weight is 231 g/mol. The van der Waals surface area contributed by atoms with E-state index >= 15 is 0 Å². The number of imidazole rings is 1. The lowest BCUT2D eigenvalue weighted by molar-refractivity contribution is -0.0271. The molecule has 1 fully saturated rings. The highest BCUT2D eigenvalue weighted by molar-refractivity contribution is 7.89. The minimum absolute atomic E-state index is 0.0189. The molecular formula is C8H13N3O3S. The SMILES string of the molecule is O=S(=O)(NCC1(O)CCC1)c1cnc[nH]1. The van der Waals surface area contributed by atoms with Crippen molar-refractivity contribution < 1.29 is 13.5 Å². The van der Waals surface area contributed by atoms with E-state index in [1.54, 1.807) is 0 Å². The van der Waals surface area contributed by atoms with E-state index in [1.165, 1.54) is 12.5 Å². The molecule has 6 nitrogen and oxygen atoms in total. The van der Waals surface area contributed by atoms with Gasteiger partial charge in [0.05, 0.1) is 18.1 Å². The largest absolute Gasteiger partial charge is 0.389 e. The monoisotopic (exact) mass is 231 g/mol. The Labute approximate surface area is 87.8 Å². The molecule has 0 unspecified atom stereocenters. The van der Waals surface area contributed by atoms with Crippen molar-refractivity contribution >= 4 is 10.0 Å². The quantitative estimate of drug-likeness (QED) is 0.657. The van der Waals surface area contributed by atoms with Gasteiger partial charge in [-0.3, -0.25) is 0 Å². The molecule has 0 aliphatic heterocycles. The molecule has 0 spiro atoms. The van der Waals surface area contributed by atoms with Crippen molar-refractivity contribution in [1.29, 1.82) is 0 Å². The minimum Gasteiger partial charge on any atom is -0.389 e. The maximum Gasteiger partial charge on any atom is 0.257 e. The first-order valence-corrected chi connectivity index (χ1v) is 6.21. The molecule has 1 aromatic rings. The fourth-order valence-electron chi connectivity index (χ4n) is 1.46. The van der Waals surface area contributed by atoms with Crippen LogP contribution in [0.1, 0.15) is 19.3 Å². The van der Waals surface area contributed by atoms with E-state index in [2.05, 4.69) is 14.7 Å². The van der Waals surface area contributed by atoms with Gasteiger partial charge in [0.1, 0.15) is 0 Å². The Morgan fingerprint density at radius 3 is 2.80 bits per heavy atom. The smallest absolute Gasteiger partial charge is 0.257 e. The summed E-state index contributed by atoms with van der Waals surface area (Å²) in [5.41, 5.74) is -0.854. The van der Waals surface area contributed by atoms with E-state index in [0.717, 1.165) is 6.42 Å². The van der Waals surface area contributed by atoms with Crippen molar-refractivity contribution in [3.63, 3.8) is 0 Å². The van der Waals surface area contributed by atoms with Gasteiger partial charge in [0, 0.05) is 6.54 Å². The van der Waals surface area contributed by atoms with Gasteiger partial charge in [0.25, 0.3) is 10.0 Å². The second-order valence-corrected chi connectivity index (χ2v) is 5.55. The van der Waals surface area contributed by atoms with Gasteiger partial charge in [0.2, 0.25) is 0 Å². The van der Waals surface area contributed by atoms with Gasteiger partial charge in [-0.2, -0.15) is 0 Å². The molecule has 0 saturated heterocycles. The highest BCUT2D eigenvalue weighted by Gasteiger charge is 2.35. The Kier molecular flexibility index (Phi) is 2.53. The molecule has 1 aromatic heterocycles. The molecule has 15 heavy (non-hydrogen) atoms. The molecule has 3 N–H and O–H groups in total. The zero-order chi connectivity index (χ0) is 10.9. The zero-order valence-corrected chi connectivity index (χ0v) is 8.92. The number of aromatic nitrogens is 2. The van der Waals surface area contributed by atoms with E-state index in [4.69, 9.17) is 0 Å². The van der Waals surface area contributed by atoms with E-state index in [9.17, 15) is 13.5 Å². The van der Waals surface area contributed by atoms with Crippen LogP contribution in [-0.4, -0.2) is 35.6 Å². The van der Waals surface area contributed by atoms with Gasteiger partial charge in [0.15, 0.2) is 5.03 Å². The number of H-pyrrole nitrogens is 1. The number of hydrogen-bond donors (Lipinski definition) is 3. The molecule has 0 amide bonds. The van der Waals surface area contributed by atoms with Crippen molar-refractivity contribution in [3.05, 3.63) is 12.5 Å². The summed E-state index contributed by atoms with van der Waals surface area (Å²) in [7, 11) is -3.55. The standard InChI is InChI=1S/C8H13N3O3S/c12-8(2-1-3-8)5-11-15(13,14)7-4-9-6-10-7/h4,6,11-12H,1-3,5H2,(H,9,10). The number of nitrogens with one attached hydrogen (secondary N) is 2. The van der Waals surface area contributed by atoms with Crippen LogP contribution in [0.3, 0.4) is 0 Å². The summed E-state index contributed by atoms with van der Waals surface area (Å²) in [6.45, 7) is 0.0638. The van der Waals surface area contributed by atoms with Crippen molar-refractivity contribution in [2.24, 2.45) is 0 Å². The first-order chi connectivity index (χ1) is 7.02. The summed E-state index contributed by atoms with van der Waals surface area (Å²) in [6.07, 6.45) is 4.78. The van der Waals surface area contributed by atoms with E-state index < -0.39 is 15.6 Å². The predicted molar refractivity (Wildman–Crippen MR) is 52.6 cm³/mol. The minimum atomic E-state index is -3.55. The third-order valence-corrected chi connectivity index (χ3v) is 3.96. The number of nitrogens with zero attached hydrogens (tertiary/aromatic N) is 1. The zero-order valence-electron chi connectivity index (χ0n) is 8.10. The van der Waals surface area contributed by atoms with Crippen LogP contribution in [0.25, 0.3) is 0 Å². The summed E-state index contributed by atoms with van der Waals surface area (Å²) in [5.74, 6) is 0. The number of aromatic amines is 1. The maximum atomic E-state index is 11.6. The molecule has 2 rings (SSSR count). The molecule has 1 heterocycles. The van der Waals surface area contributed by atoms with Crippen LogP contribution in [-0.2, 0) is 10.0 Å². The van der Waals surface area contributed by atoms with Crippen LogP contribution in [0.4, 0.5) is 0 Å². The molecule has 0 aromatic carbocycles. The van der Waals surface area contributed by atoms with Crippen LogP contribution in [0, 0.1) is 0 Å². The Morgan fingerprint density at radius 1 is 1.60 bits per heavy atom. The van der Waals surface area contributed by atoms with Crippen LogP contribution in [0.2, 0.25) is 0 Å². The fourth-order valence-corrected chi connectivity index (χ4v) is 2.48. The van der Waals surface area contributed by atoms with Crippen LogP contribution >= 0.6 is 0 Å². The third-order valence-electron chi connectivity index (χ3n) is 2.64. The Bertz CT molecular complexity index is 422. The average Bonchev–Trinajstić information content (AvgIpc) is 2.65. The molecule has 1 aliphatic rings. The van der Waals surface area contributed by atoms with Crippen molar-refractivity contribution in [2.75, 3.05) is 6.54 Å². The van der Waals surface area contributed by atoms with Gasteiger partial charge < -0.3 is 10.1 Å². The maximum absolute atomic E-state index is 11.6. The van der Waals surface area contributed by atoms with Gasteiger partial charge in [-0.05, 0) is 19.3 Å². The van der Waals surface area contributed by atoms with Crippen molar-refractivity contribution in [1.82, 2.24) is 14.7 Å². The molecule has 1 aliphatic carbocycles. The molecular weight excluding hydrogens is 218 g/mol. The van der Waals surface area contributed by atoms with E-state index in [0.29, 0.717) is 12.8 Å². The van der Waals surface area contributed by atoms with Crippen LogP contribution in [0.15, 0.2) is 17.6 Å². The first-order valence-electron chi connectivity index (χ1n) is 4.72. The van der Waals surface area contributed by atoms with Gasteiger partial charge in [-0.15, -0.1) is 0 Å². The second kappa shape index (κ2) is 3.58. The summed E-state index contributed by atoms with van der Waals surface area (Å²) in [6, 6.07) is 0. The highest BCUT2D eigenvalue weighted by Crippen LogP contribution is 2.30. The second-order valence-electron chi connectivity index (χ2n) is 3.82. The predicted octanol–water partition coefficient (Wildman–Crippen LogP) is -0.397. The fraction of sp³-hybridized carbons (Fsp3) is 0.625. The van der Waals surface area contributed by atoms with Crippen molar-refractivity contribution in [2.45, 2.75) is 29.9 Å². The van der Waals surface area contributed by atoms with Crippen LogP contribution in [0.5, 0.6) is 0 Å². The Balaban J connectivity index is 2.00. The molecule has 7 heteroatoms. The molecule has 84 valence electrons. The number of rotatable bonds is 4. The van der Waals surface area contributed by atoms with E-state index in [-0.39, 0.29) is 11.6 Å². The summed E-state index contributed by atoms with van der Waals surface area (Å²) in [5, 5.41) is 9.74. The summed E-state index contributed by atoms with van der Waals surface area (Å²) >= 11 is 0. The first kappa shape index (κ1) is 10.6. The lowest BCUT2D eigenvalue weighted by atomic mass is 9.81. The molecule has 1 saturated carbocycles. The summed E-state index contributed by atoms with van der Waals surface area (Å²) < 4.78 is 25.5. The number of hydrogen-bond acceptors (Lipinski definition) is 4. The number of sulfonamides is 1. The highest BCUT2D eigenvalue weighted by atomic mass is 32.2. The number of aliphatic hydroxyl groups is 1. The van der Waals surface area contributed by atoms with Gasteiger partial charge >= 0.3 is 0 Å². The summed E-state index contributed by atoms with van der Waals surface area (Å²) in [4.78, 5) is 6.14. The topological polar surface area (TPSA) is 95.1 Å². The third kappa shape index (κ3) is 2.19. The van der Waals surface area contributed by atoms with E-state index in [1.807, 2.05) is 0 Å². The Morgan fingerprint density at radius 2 is 2.33 bits per heavy atom. The lowest BCUT2D eigenvalue weighted by Gasteiger charge is -2.36. The molecule has 0 atom stereocenters. The van der Waals surface area contributed by atoms with Crippen molar-refractivity contribution in [3.8, 4) is 0 Å². The molecule has 0 bridgehead atoms.